The number of benzene rings is 1. The van der Waals surface area contributed by atoms with Crippen LogP contribution in [0.3, 0.4) is 0 Å². The molecule has 3 rings (SSSR count). The van der Waals surface area contributed by atoms with Crippen molar-refractivity contribution < 1.29 is 18.7 Å². The molecule has 0 N–H and O–H groups in total. The summed E-state index contributed by atoms with van der Waals surface area (Å²) in [5.41, 5.74) is 1.62. The molecule has 0 radical (unpaired) electrons. The Balaban J connectivity index is 1.98. The van der Waals surface area contributed by atoms with Crippen LogP contribution < -0.4 is 0 Å². The molecular formula is C19H17FO3S. The van der Waals surface area contributed by atoms with Gasteiger partial charge < -0.3 is 4.74 Å². The standard InChI is InChI=1S/C19H17FO3S/c1-2-23-19(22)18-15(17-4-3-9-24-17)10-13(11-16(18)21)12-5-7-14(20)8-6-12/h3-9,11,15,18H,2,10H2,1H3/t15-,18+/m1/s1. The van der Waals surface area contributed by atoms with Gasteiger partial charge in [-0.15, -0.1) is 11.3 Å². The number of halogens is 1. The molecule has 3 nitrogen and oxygen atoms in total. The maximum Gasteiger partial charge on any atom is 0.317 e. The lowest BCUT2D eigenvalue weighted by atomic mass is 9.76. The highest BCUT2D eigenvalue weighted by atomic mass is 32.1. The molecule has 1 aliphatic rings. The fourth-order valence-electron chi connectivity index (χ4n) is 3.02. The molecule has 124 valence electrons. The van der Waals surface area contributed by atoms with Crippen LogP contribution in [0, 0.1) is 11.7 Å². The van der Waals surface area contributed by atoms with Crippen molar-refractivity contribution in [3.05, 3.63) is 64.1 Å². The molecule has 0 fully saturated rings. The average Bonchev–Trinajstić information content (AvgIpc) is 3.09. The minimum atomic E-state index is -0.812. The first-order valence-electron chi connectivity index (χ1n) is 7.80. The maximum atomic E-state index is 13.1. The number of carbonyl (C=O) groups excluding carboxylic acids is 2. The molecule has 1 aromatic heterocycles. The summed E-state index contributed by atoms with van der Waals surface area (Å²) in [6.45, 7) is 1.97. The van der Waals surface area contributed by atoms with E-state index in [1.807, 2.05) is 17.5 Å². The van der Waals surface area contributed by atoms with Crippen molar-refractivity contribution in [2.45, 2.75) is 19.3 Å². The number of ether oxygens (including phenoxy) is 1. The van der Waals surface area contributed by atoms with Crippen molar-refractivity contribution in [3.8, 4) is 0 Å². The number of ketones is 1. The average molecular weight is 344 g/mol. The Bertz CT molecular complexity index is 762. The fourth-order valence-corrected chi connectivity index (χ4v) is 3.88. The Kier molecular flexibility index (Phi) is 4.90. The lowest BCUT2D eigenvalue weighted by Crippen LogP contribution is -2.33. The van der Waals surface area contributed by atoms with E-state index in [1.54, 1.807) is 19.1 Å². The van der Waals surface area contributed by atoms with Crippen LogP contribution in [0.25, 0.3) is 5.57 Å². The van der Waals surface area contributed by atoms with E-state index in [0.29, 0.717) is 6.42 Å². The maximum absolute atomic E-state index is 13.1. The van der Waals surface area contributed by atoms with Gasteiger partial charge in [0.2, 0.25) is 0 Å². The van der Waals surface area contributed by atoms with Crippen LogP contribution in [0.4, 0.5) is 4.39 Å². The Morgan fingerprint density at radius 2 is 2.04 bits per heavy atom. The summed E-state index contributed by atoms with van der Waals surface area (Å²) in [5.74, 6) is -2.11. The summed E-state index contributed by atoms with van der Waals surface area (Å²) in [7, 11) is 0. The lowest BCUT2D eigenvalue weighted by Gasteiger charge is -2.28. The predicted octanol–water partition coefficient (Wildman–Crippen LogP) is 4.21. The Hall–Kier alpha value is -2.27. The van der Waals surface area contributed by atoms with Gasteiger partial charge in [-0.25, -0.2) is 4.39 Å². The second kappa shape index (κ2) is 7.09. The number of esters is 1. The highest BCUT2D eigenvalue weighted by Gasteiger charge is 2.40. The second-order valence-electron chi connectivity index (χ2n) is 5.63. The zero-order valence-corrected chi connectivity index (χ0v) is 14.0. The van der Waals surface area contributed by atoms with E-state index in [2.05, 4.69) is 0 Å². The Labute approximate surface area is 143 Å². The first kappa shape index (κ1) is 16.6. The molecule has 0 bridgehead atoms. The highest BCUT2D eigenvalue weighted by molar-refractivity contribution is 7.10. The molecule has 0 spiro atoms. The van der Waals surface area contributed by atoms with Crippen molar-refractivity contribution >= 4 is 28.7 Å². The van der Waals surface area contributed by atoms with E-state index in [-0.39, 0.29) is 24.1 Å². The molecule has 2 aromatic rings. The van der Waals surface area contributed by atoms with Gasteiger partial charge in [-0.3, -0.25) is 9.59 Å². The van der Waals surface area contributed by atoms with Crippen LogP contribution in [0.2, 0.25) is 0 Å². The van der Waals surface area contributed by atoms with Gasteiger partial charge >= 0.3 is 5.97 Å². The minimum absolute atomic E-state index is 0.244. The third-order valence-corrected chi connectivity index (χ3v) is 5.13. The van der Waals surface area contributed by atoms with Crippen LogP contribution in [-0.2, 0) is 14.3 Å². The zero-order valence-electron chi connectivity index (χ0n) is 13.2. The summed E-state index contributed by atoms with van der Waals surface area (Å²) in [4.78, 5) is 25.9. The van der Waals surface area contributed by atoms with Crippen LogP contribution in [0.15, 0.2) is 47.9 Å². The summed E-state index contributed by atoms with van der Waals surface area (Å²) in [6, 6.07) is 9.90. The van der Waals surface area contributed by atoms with Crippen LogP contribution in [0.1, 0.15) is 29.7 Å². The molecule has 1 aliphatic carbocycles. The van der Waals surface area contributed by atoms with E-state index in [4.69, 9.17) is 4.74 Å². The second-order valence-corrected chi connectivity index (χ2v) is 6.61. The Morgan fingerprint density at radius 3 is 2.67 bits per heavy atom. The molecule has 5 heteroatoms. The van der Waals surface area contributed by atoms with Gasteiger partial charge in [0.05, 0.1) is 6.61 Å². The molecule has 1 aromatic carbocycles. The number of rotatable bonds is 4. The molecule has 0 aliphatic heterocycles. The normalized spacial score (nSPS) is 20.6. The number of allylic oxidation sites excluding steroid dienone is 2. The van der Waals surface area contributed by atoms with Crippen molar-refractivity contribution in [3.63, 3.8) is 0 Å². The number of hydrogen-bond acceptors (Lipinski definition) is 4. The molecular weight excluding hydrogens is 327 g/mol. The van der Waals surface area contributed by atoms with E-state index in [1.165, 1.54) is 29.5 Å². The van der Waals surface area contributed by atoms with E-state index in [9.17, 15) is 14.0 Å². The topological polar surface area (TPSA) is 43.4 Å². The smallest absolute Gasteiger partial charge is 0.317 e. The van der Waals surface area contributed by atoms with Gasteiger partial charge in [0.25, 0.3) is 0 Å². The van der Waals surface area contributed by atoms with Crippen molar-refractivity contribution in [1.82, 2.24) is 0 Å². The van der Waals surface area contributed by atoms with Crippen molar-refractivity contribution in [2.75, 3.05) is 6.61 Å². The summed E-state index contributed by atoms with van der Waals surface area (Å²) >= 11 is 1.52. The summed E-state index contributed by atoms with van der Waals surface area (Å²) in [6.07, 6.45) is 2.04. The molecule has 0 saturated carbocycles. The highest BCUT2D eigenvalue weighted by Crippen LogP contribution is 2.41. The van der Waals surface area contributed by atoms with E-state index < -0.39 is 11.9 Å². The lowest BCUT2D eigenvalue weighted by molar-refractivity contribution is -0.151. The molecule has 1 heterocycles. The molecule has 2 atom stereocenters. The van der Waals surface area contributed by atoms with Gasteiger partial charge in [0.1, 0.15) is 11.7 Å². The SMILES string of the molecule is CCOC(=O)[C@@H]1C(=O)C=C(c2ccc(F)cc2)C[C@@H]1c1cccs1. The van der Waals surface area contributed by atoms with Gasteiger partial charge in [0.15, 0.2) is 5.78 Å². The zero-order chi connectivity index (χ0) is 17.1. The summed E-state index contributed by atoms with van der Waals surface area (Å²) < 4.78 is 18.2. The van der Waals surface area contributed by atoms with Crippen LogP contribution >= 0.6 is 11.3 Å². The third kappa shape index (κ3) is 3.31. The van der Waals surface area contributed by atoms with Gasteiger partial charge in [0, 0.05) is 10.8 Å². The van der Waals surface area contributed by atoms with Gasteiger partial charge in [-0.2, -0.15) is 0 Å². The van der Waals surface area contributed by atoms with Gasteiger partial charge in [-0.1, -0.05) is 18.2 Å². The van der Waals surface area contributed by atoms with Crippen LogP contribution in [-0.4, -0.2) is 18.4 Å². The van der Waals surface area contributed by atoms with E-state index >= 15 is 0 Å². The van der Waals surface area contributed by atoms with E-state index in [0.717, 1.165) is 16.0 Å². The minimum Gasteiger partial charge on any atom is -0.465 e. The monoisotopic (exact) mass is 344 g/mol. The number of carbonyl (C=O) groups is 2. The molecule has 0 amide bonds. The Morgan fingerprint density at radius 1 is 1.29 bits per heavy atom. The van der Waals surface area contributed by atoms with Gasteiger partial charge in [-0.05, 0) is 54.1 Å². The number of hydrogen-bond donors (Lipinski definition) is 0. The van der Waals surface area contributed by atoms with Crippen molar-refractivity contribution in [2.24, 2.45) is 5.92 Å². The first-order chi connectivity index (χ1) is 11.6. The number of thiophene rings is 1. The molecule has 0 saturated heterocycles. The van der Waals surface area contributed by atoms with Crippen LogP contribution in [0.5, 0.6) is 0 Å². The third-order valence-electron chi connectivity index (χ3n) is 4.13. The fraction of sp³-hybridized carbons (Fsp3) is 0.263. The molecule has 24 heavy (non-hydrogen) atoms. The molecule has 0 unspecified atom stereocenters. The predicted molar refractivity (Wildman–Crippen MR) is 91.2 cm³/mol. The quantitative estimate of drug-likeness (QED) is 0.616. The largest absolute Gasteiger partial charge is 0.465 e. The first-order valence-corrected chi connectivity index (χ1v) is 8.68. The van der Waals surface area contributed by atoms with Crippen molar-refractivity contribution in [1.29, 1.82) is 0 Å². The summed E-state index contributed by atoms with van der Waals surface area (Å²) in [5, 5.41) is 1.93.